The summed E-state index contributed by atoms with van der Waals surface area (Å²) in [4.78, 5) is 35.1. The number of esters is 1. The van der Waals surface area contributed by atoms with Crippen LogP contribution >= 0.6 is 11.3 Å². The van der Waals surface area contributed by atoms with Crippen LogP contribution in [-0.2, 0) is 11.8 Å². The monoisotopic (exact) mass is 348 g/mol. The Kier molecular flexibility index (Phi) is 4.66. The van der Waals surface area contributed by atoms with Gasteiger partial charge in [-0.05, 0) is 26.7 Å². The van der Waals surface area contributed by atoms with Gasteiger partial charge >= 0.3 is 5.97 Å². The molecule has 8 heteroatoms. The summed E-state index contributed by atoms with van der Waals surface area (Å²) in [6, 6.07) is -0.104. The van der Waals surface area contributed by atoms with Crippen LogP contribution in [0.25, 0.3) is 0 Å². The topological polar surface area (TPSA) is 77.3 Å². The third-order valence-electron chi connectivity index (χ3n) is 4.13. The average molecular weight is 348 g/mol. The second-order valence-corrected chi connectivity index (χ2v) is 6.62. The minimum Gasteiger partial charge on any atom is -0.461 e. The molecule has 2 aromatic heterocycles. The zero-order valence-electron chi connectivity index (χ0n) is 14.0. The lowest BCUT2D eigenvalue weighted by atomic mass is 10.2. The Morgan fingerprint density at radius 2 is 2.17 bits per heavy atom. The normalized spacial score (nSPS) is 17.3. The van der Waals surface area contributed by atoms with E-state index in [1.807, 2.05) is 18.5 Å². The average Bonchev–Trinajstić information content (AvgIpc) is 3.27. The Morgan fingerprint density at radius 3 is 2.83 bits per heavy atom. The second kappa shape index (κ2) is 6.72. The van der Waals surface area contributed by atoms with E-state index in [-0.39, 0.29) is 11.9 Å². The lowest BCUT2D eigenvalue weighted by Crippen LogP contribution is -2.30. The highest BCUT2D eigenvalue weighted by atomic mass is 32.1. The summed E-state index contributed by atoms with van der Waals surface area (Å²) in [6.45, 7) is 4.62. The maximum atomic E-state index is 12.8. The number of nitrogens with zero attached hydrogens (tertiary/aromatic N) is 4. The van der Waals surface area contributed by atoms with Crippen molar-refractivity contribution in [2.24, 2.45) is 7.05 Å². The van der Waals surface area contributed by atoms with Gasteiger partial charge in [-0.15, -0.1) is 11.3 Å². The van der Waals surface area contributed by atoms with Crippen molar-refractivity contribution in [1.82, 2.24) is 19.4 Å². The summed E-state index contributed by atoms with van der Waals surface area (Å²) < 4.78 is 6.81. The smallest absolute Gasteiger partial charge is 0.357 e. The number of hydrogen-bond donors (Lipinski definition) is 0. The zero-order valence-corrected chi connectivity index (χ0v) is 14.8. The van der Waals surface area contributed by atoms with Crippen molar-refractivity contribution in [3.8, 4) is 0 Å². The summed E-state index contributed by atoms with van der Waals surface area (Å²) in [5.41, 5.74) is 0.758. The van der Waals surface area contributed by atoms with Gasteiger partial charge in [0.15, 0.2) is 5.69 Å². The van der Waals surface area contributed by atoms with Gasteiger partial charge in [0.05, 0.1) is 12.6 Å². The molecule has 0 aromatic carbocycles. The number of hydrogen-bond acceptors (Lipinski definition) is 6. The van der Waals surface area contributed by atoms with Gasteiger partial charge in [0.25, 0.3) is 5.91 Å². The summed E-state index contributed by atoms with van der Waals surface area (Å²) in [5, 5.41) is 2.47. The van der Waals surface area contributed by atoms with Gasteiger partial charge in [-0.3, -0.25) is 4.79 Å². The quantitative estimate of drug-likeness (QED) is 0.793. The van der Waals surface area contributed by atoms with Crippen LogP contribution in [0.15, 0.2) is 11.6 Å². The highest BCUT2D eigenvalue weighted by Gasteiger charge is 2.34. The third-order valence-corrected chi connectivity index (χ3v) is 5.08. The number of likely N-dealkylation sites (tertiary alicyclic amines) is 1. The summed E-state index contributed by atoms with van der Waals surface area (Å²) >= 11 is 1.39. The van der Waals surface area contributed by atoms with Crippen LogP contribution in [0.5, 0.6) is 0 Å². The molecule has 0 bridgehead atoms. The van der Waals surface area contributed by atoms with Crippen LogP contribution in [-0.4, -0.2) is 44.5 Å². The first-order valence-corrected chi connectivity index (χ1v) is 8.82. The first kappa shape index (κ1) is 16.6. The number of aromatic nitrogens is 3. The van der Waals surface area contributed by atoms with Crippen molar-refractivity contribution in [3.05, 3.63) is 33.8 Å². The Morgan fingerprint density at radius 1 is 1.38 bits per heavy atom. The summed E-state index contributed by atoms with van der Waals surface area (Å²) in [5.74, 6) is 0.290. The molecule has 2 aromatic rings. The molecule has 1 saturated heterocycles. The van der Waals surface area contributed by atoms with Gasteiger partial charge in [0, 0.05) is 25.2 Å². The first-order chi connectivity index (χ1) is 11.5. The fraction of sp³-hybridized carbons (Fsp3) is 0.500. The molecule has 128 valence electrons. The Hall–Kier alpha value is -2.22. The van der Waals surface area contributed by atoms with E-state index in [1.54, 1.807) is 23.4 Å². The third kappa shape index (κ3) is 3.06. The van der Waals surface area contributed by atoms with E-state index in [0.29, 0.717) is 24.5 Å². The minimum absolute atomic E-state index is 0.0888. The fourth-order valence-electron chi connectivity index (χ4n) is 2.82. The van der Waals surface area contributed by atoms with Crippen molar-refractivity contribution in [2.45, 2.75) is 32.7 Å². The molecule has 0 spiro atoms. The molecule has 0 N–H and O–H groups in total. The number of ether oxygens (including phenoxy) is 1. The maximum absolute atomic E-state index is 12.8. The van der Waals surface area contributed by atoms with Crippen molar-refractivity contribution >= 4 is 23.2 Å². The molecular weight excluding hydrogens is 328 g/mol. The molecular formula is C16H20N4O3S. The molecule has 24 heavy (non-hydrogen) atoms. The molecule has 3 rings (SSSR count). The lowest BCUT2D eigenvalue weighted by molar-refractivity contribution is 0.0520. The summed E-state index contributed by atoms with van der Waals surface area (Å²) in [6.07, 6.45) is 3.50. The van der Waals surface area contributed by atoms with Gasteiger partial charge in [-0.1, -0.05) is 0 Å². The Bertz CT molecular complexity index is 748. The van der Waals surface area contributed by atoms with Crippen LogP contribution in [0.1, 0.15) is 57.6 Å². The predicted molar refractivity (Wildman–Crippen MR) is 89.0 cm³/mol. The number of carbonyl (C=O) groups excluding carboxylic acids is 2. The van der Waals surface area contributed by atoms with Crippen LogP contribution in [0.4, 0.5) is 0 Å². The number of amides is 1. The molecule has 1 atom stereocenters. The van der Waals surface area contributed by atoms with Crippen molar-refractivity contribution in [3.63, 3.8) is 0 Å². The lowest BCUT2D eigenvalue weighted by Gasteiger charge is -2.22. The van der Waals surface area contributed by atoms with E-state index < -0.39 is 5.97 Å². The highest BCUT2D eigenvalue weighted by Crippen LogP contribution is 2.34. The zero-order chi connectivity index (χ0) is 17.3. The van der Waals surface area contributed by atoms with Gasteiger partial charge < -0.3 is 14.2 Å². The van der Waals surface area contributed by atoms with Gasteiger partial charge in [-0.2, -0.15) is 0 Å². The molecule has 3 heterocycles. The summed E-state index contributed by atoms with van der Waals surface area (Å²) in [7, 11) is 1.87. The molecule has 1 amide bonds. The number of aryl methyl sites for hydroxylation is 2. The van der Waals surface area contributed by atoms with E-state index in [0.717, 1.165) is 23.7 Å². The fourth-order valence-corrected chi connectivity index (χ4v) is 3.75. The number of thiazole rings is 1. The van der Waals surface area contributed by atoms with E-state index in [9.17, 15) is 9.59 Å². The van der Waals surface area contributed by atoms with E-state index in [2.05, 4.69) is 9.97 Å². The maximum Gasteiger partial charge on any atom is 0.357 e. The van der Waals surface area contributed by atoms with Crippen LogP contribution < -0.4 is 0 Å². The Labute approximate surface area is 144 Å². The Balaban J connectivity index is 1.80. The molecule has 7 nitrogen and oxygen atoms in total. The van der Waals surface area contributed by atoms with Crippen molar-refractivity contribution in [1.29, 1.82) is 0 Å². The first-order valence-electron chi connectivity index (χ1n) is 7.94. The van der Waals surface area contributed by atoms with Crippen LogP contribution in [0, 0.1) is 6.92 Å². The van der Waals surface area contributed by atoms with Gasteiger partial charge in [0.2, 0.25) is 0 Å². The van der Waals surface area contributed by atoms with Gasteiger partial charge in [0.1, 0.15) is 16.5 Å². The molecule has 0 radical (unpaired) electrons. The molecule has 0 aliphatic carbocycles. The molecule has 1 unspecified atom stereocenters. The highest BCUT2D eigenvalue weighted by molar-refractivity contribution is 7.09. The number of carbonyl (C=O) groups is 2. The standard InChI is InChI=1S/C16H20N4O3S/c1-4-23-16(22)12-9-24-14(18-12)13-6-5-7-20(13)15(21)11-8-19(3)10(2)17-11/h8-9,13H,4-7H2,1-3H3. The van der Waals surface area contributed by atoms with E-state index in [1.165, 1.54) is 11.3 Å². The van der Waals surface area contributed by atoms with Crippen LogP contribution in [0.3, 0.4) is 0 Å². The SMILES string of the molecule is CCOC(=O)c1csc(C2CCCN2C(=O)c2cn(C)c(C)n2)n1. The van der Waals surface area contributed by atoms with Crippen LogP contribution in [0.2, 0.25) is 0 Å². The molecule has 1 aliphatic rings. The predicted octanol–water partition coefficient (Wildman–Crippen LogP) is 2.34. The number of rotatable bonds is 4. The second-order valence-electron chi connectivity index (χ2n) is 5.73. The van der Waals surface area contributed by atoms with Crippen molar-refractivity contribution in [2.75, 3.05) is 13.2 Å². The largest absolute Gasteiger partial charge is 0.461 e. The molecule has 1 fully saturated rings. The van der Waals surface area contributed by atoms with E-state index in [4.69, 9.17) is 4.74 Å². The molecule has 0 saturated carbocycles. The van der Waals surface area contributed by atoms with Gasteiger partial charge in [-0.25, -0.2) is 14.8 Å². The minimum atomic E-state index is -0.420. The van der Waals surface area contributed by atoms with Crippen molar-refractivity contribution < 1.29 is 14.3 Å². The van der Waals surface area contributed by atoms with E-state index >= 15 is 0 Å². The number of imidazole rings is 1. The molecule has 1 aliphatic heterocycles.